The molecule has 0 atom stereocenters. The second kappa shape index (κ2) is 4.96. The van der Waals surface area contributed by atoms with Gasteiger partial charge in [-0.05, 0) is 11.4 Å². The number of rotatable bonds is 4. The Balaban J connectivity index is 2.79. The molecule has 15 heavy (non-hydrogen) atoms. The first-order valence-corrected chi connectivity index (χ1v) is 7.35. The zero-order valence-electron chi connectivity index (χ0n) is 7.99. The predicted octanol–water partition coefficient (Wildman–Crippen LogP) is 1.01. The zero-order chi connectivity index (χ0) is 11.5. The molecule has 1 N–H and O–H groups in total. The Morgan fingerprint density at radius 1 is 1.60 bits per heavy atom. The average Bonchev–Trinajstić information content (AvgIpc) is 2.61. The van der Waals surface area contributed by atoms with E-state index in [1.165, 1.54) is 17.4 Å². The minimum atomic E-state index is -3.22. The molecule has 0 unspecified atom stereocenters. The van der Waals surface area contributed by atoms with E-state index in [1.807, 2.05) is 0 Å². The number of carbonyl (C=O) groups excluding carboxylic acids is 1. The molecule has 0 aromatic carbocycles. The third kappa shape index (κ3) is 3.48. The van der Waals surface area contributed by atoms with E-state index in [9.17, 15) is 13.2 Å². The third-order valence-electron chi connectivity index (χ3n) is 1.67. The van der Waals surface area contributed by atoms with E-state index in [2.05, 4.69) is 5.32 Å². The Bertz CT molecular complexity index is 452. The number of nitrogens with one attached hydrogen (secondary N) is 1. The van der Waals surface area contributed by atoms with E-state index in [1.54, 1.807) is 5.38 Å². The molecular weight excluding hydrogens is 258 g/mol. The van der Waals surface area contributed by atoms with Crippen LogP contribution in [0.15, 0.2) is 16.3 Å². The molecule has 1 amide bonds. The van der Waals surface area contributed by atoms with E-state index >= 15 is 0 Å². The summed E-state index contributed by atoms with van der Waals surface area (Å²) in [5.74, 6) is -0.441. The first-order chi connectivity index (χ1) is 6.95. The number of thiophene rings is 1. The van der Waals surface area contributed by atoms with Crippen molar-refractivity contribution in [3.05, 3.63) is 16.3 Å². The van der Waals surface area contributed by atoms with Crippen molar-refractivity contribution in [3.63, 3.8) is 0 Å². The van der Waals surface area contributed by atoms with Crippen molar-refractivity contribution < 1.29 is 13.2 Å². The van der Waals surface area contributed by atoms with E-state index < -0.39 is 9.84 Å². The molecule has 0 fully saturated rings. The number of hydrogen-bond acceptors (Lipinski definition) is 4. The van der Waals surface area contributed by atoms with E-state index in [-0.39, 0.29) is 23.2 Å². The summed E-state index contributed by atoms with van der Waals surface area (Å²) >= 11 is 6.59. The van der Waals surface area contributed by atoms with Crippen LogP contribution in [-0.4, -0.2) is 26.5 Å². The van der Waals surface area contributed by atoms with Crippen LogP contribution in [0, 0.1) is 0 Å². The Morgan fingerprint density at radius 3 is 2.80 bits per heavy atom. The lowest BCUT2D eigenvalue weighted by Crippen LogP contribution is -2.23. The van der Waals surface area contributed by atoms with Crippen LogP contribution in [0.2, 0.25) is 0 Å². The van der Waals surface area contributed by atoms with Gasteiger partial charge in [-0.1, -0.05) is 0 Å². The predicted molar refractivity (Wildman–Crippen MR) is 60.0 cm³/mol. The van der Waals surface area contributed by atoms with Crippen LogP contribution >= 0.6 is 22.9 Å². The highest BCUT2D eigenvalue weighted by Crippen LogP contribution is 2.21. The van der Waals surface area contributed by atoms with Crippen LogP contribution in [0.25, 0.3) is 0 Å². The Hall–Kier alpha value is -0.590. The normalized spacial score (nSPS) is 11.3. The molecule has 1 heterocycles. The maximum atomic E-state index is 11.3. The summed E-state index contributed by atoms with van der Waals surface area (Å²) < 4.78 is 22.6. The summed E-state index contributed by atoms with van der Waals surface area (Å²) in [5, 5.41) is 4.20. The molecule has 84 valence electrons. The number of carbonyl (C=O) groups is 1. The standard InChI is InChI=1S/C8H10ClNO3S2/c1-15(12,13)7-2-3-14-6(7)5-10-8(11)4-9/h2-3H,4-5H2,1H3,(H,10,11). The van der Waals surface area contributed by atoms with Gasteiger partial charge in [0.15, 0.2) is 9.84 Å². The average molecular weight is 268 g/mol. The van der Waals surface area contributed by atoms with Crippen LogP contribution in [0.5, 0.6) is 0 Å². The molecule has 0 radical (unpaired) electrons. The van der Waals surface area contributed by atoms with Crippen LogP contribution in [0.4, 0.5) is 0 Å². The molecule has 0 spiro atoms. The van der Waals surface area contributed by atoms with Crippen molar-refractivity contribution in [2.24, 2.45) is 0 Å². The molecule has 0 saturated carbocycles. The number of hydrogen-bond donors (Lipinski definition) is 1. The van der Waals surface area contributed by atoms with Gasteiger partial charge in [0.25, 0.3) is 0 Å². The van der Waals surface area contributed by atoms with Gasteiger partial charge in [-0.3, -0.25) is 4.79 Å². The van der Waals surface area contributed by atoms with Crippen LogP contribution in [0.1, 0.15) is 4.88 Å². The van der Waals surface area contributed by atoms with Gasteiger partial charge in [0.05, 0.1) is 11.4 Å². The lowest BCUT2D eigenvalue weighted by atomic mass is 10.4. The summed E-state index contributed by atoms with van der Waals surface area (Å²) in [5.41, 5.74) is 0. The smallest absolute Gasteiger partial charge is 0.235 e. The van der Waals surface area contributed by atoms with Crippen molar-refractivity contribution in [1.82, 2.24) is 5.32 Å². The molecule has 1 aromatic heterocycles. The fourth-order valence-electron chi connectivity index (χ4n) is 1.01. The molecule has 4 nitrogen and oxygen atoms in total. The molecule has 1 aromatic rings. The first-order valence-electron chi connectivity index (χ1n) is 4.04. The maximum absolute atomic E-state index is 11.3. The summed E-state index contributed by atoms with van der Waals surface area (Å²) in [7, 11) is -3.22. The summed E-state index contributed by atoms with van der Waals surface area (Å²) in [6, 6.07) is 1.53. The van der Waals surface area contributed by atoms with Gasteiger partial charge in [0.1, 0.15) is 5.88 Å². The fourth-order valence-corrected chi connectivity index (χ4v) is 3.30. The lowest BCUT2D eigenvalue weighted by molar-refractivity contribution is -0.118. The quantitative estimate of drug-likeness (QED) is 0.828. The zero-order valence-corrected chi connectivity index (χ0v) is 10.4. The number of alkyl halides is 1. The molecule has 1 rings (SSSR count). The van der Waals surface area contributed by atoms with Crippen molar-refractivity contribution in [2.75, 3.05) is 12.1 Å². The van der Waals surface area contributed by atoms with E-state index in [4.69, 9.17) is 11.6 Å². The lowest BCUT2D eigenvalue weighted by Gasteiger charge is -2.03. The highest BCUT2D eigenvalue weighted by atomic mass is 35.5. The minimum Gasteiger partial charge on any atom is -0.350 e. The molecule has 0 bridgehead atoms. The van der Waals surface area contributed by atoms with Crippen LogP contribution in [0.3, 0.4) is 0 Å². The van der Waals surface area contributed by atoms with Crippen LogP contribution in [-0.2, 0) is 21.2 Å². The molecule has 0 saturated heterocycles. The number of amides is 1. The summed E-state index contributed by atoms with van der Waals surface area (Å²) in [6.07, 6.45) is 1.14. The molecular formula is C8H10ClNO3S2. The number of halogens is 1. The van der Waals surface area contributed by atoms with Crippen molar-refractivity contribution >= 4 is 38.7 Å². The summed E-state index contributed by atoms with van der Waals surface area (Å²) in [4.78, 5) is 11.8. The summed E-state index contributed by atoms with van der Waals surface area (Å²) in [6.45, 7) is 0.200. The van der Waals surface area contributed by atoms with Gasteiger partial charge >= 0.3 is 0 Å². The van der Waals surface area contributed by atoms with Crippen LogP contribution < -0.4 is 5.32 Å². The topological polar surface area (TPSA) is 63.2 Å². The molecule has 7 heteroatoms. The number of sulfone groups is 1. The SMILES string of the molecule is CS(=O)(=O)c1ccsc1CNC(=O)CCl. The Labute approximate surface area is 97.2 Å². The van der Waals surface area contributed by atoms with Gasteiger partial charge in [0, 0.05) is 11.1 Å². The molecule has 0 aliphatic heterocycles. The Morgan fingerprint density at radius 2 is 2.27 bits per heavy atom. The largest absolute Gasteiger partial charge is 0.350 e. The monoisotopic (exact) mass is 267 g/mol. The van der Waals surface area contributed by atoms with E-state index in [0.29, 0.717) is 4.88 Å². The van der Waals surface area contributed by atoms with Crippen molar-refractivity contribution in [1.29, 1.82) is 0 Å². The fraction of sp³-hybridized carbons (Fsp3) is 0.375. The van der Waals surface area contributed by atoms with Gasteiger partial charge in [-0.25, -0.2) is 8.42 Å². The minimum absolute atomic E-state index is 0.125. The molecule has 0 aliphatic carbocycles. The molecule has 0 aliphatic rings. The second-order valence-electron chi connectivity index (χ2n) is 2.89. The van der Waals surface area contributed by atoms with E-state index in [0.717, 1.165) is 6.26 Å². The maximum Gasteiger partial charge on any atom is 0.235 e. The van der Waals surface area contributed by atoms with Crippen molar-refractivity contribution in [2.45, 2.75) is 11.4 Å². The Kier molecular flexibility index (Phi) is 4.12. The van der Waals surface area contributed by atoms with Gasteiger partial charge in [0.2, 0.25) is 5.91 Å². The van der Waals surface area contributed by atoms with Crippen molar-refractivity contribution in [3.8, 4) is 0 Å². The highest BCUT2D eigenvalue weighted by Gasteiger charge is 2.14. The van der Waals surface area contributed by atoms with Gasteiger partial charge in [-0.15, -0.1) is 22.9 Å². The first kappa shape index (κ1) is 12.5. The highest BCUT2D eigenvalue weighted by molar-refractivity contribution is 7.90. The second-order valence-corrected chi connectivity index (χ2v) is 6.14. The van der Waals surface area contributed by atoms with Gasteiger partial charge in [-0.2, -0.15) is 0 Å². The van der Waals surface area contributed by atoms with Gasteiger partial charge < -0.3 is 5.32 Å². The third-order valence-corrected chi connectivity index (χ3v) is 4.15.